The molecule has 0 saturated carbocycles. The Morgan fingerprint density at radius 3 is 2.17 bits per heavy atom. The van der Waals surface area contributed by atoms with Crippen molar-refractivity contribution in [1.82, 2.24) is 0 Å². The number of rotatable bonds is 6. The summed E-state index contributed by atoms with van der Waals surface area (Å²) < 4.78 is 24.0. The fourth-order valence-corrected chi connectivity index (χ4v) is 1.58. The Labute approximate surface area is 81.9 Å². The fraction of sp³-hybridized carbons (Fsp3) is 1.00. The second kappa shape index (κ2) is 6.81. The lowest BCUT2D eigenvalue weighted by atomic mass is 9.92. The molecule has 0 spiro atoms. The normalized spacial score (nSPS) is 16.5. The summed E-state index contributed by atoms with van der Waals surface area (Å²) in [5.74, 6) is 0.700. The van der Waals surface area contributed by atoms with Crippen molar-refractivity contribution in [3.05, 3.63) is 0 Å². The van der Waals surface area contributed by atoms with Gasteiger partial charge in [0, 0.05) is 11.8 Å². The van der Waals surface area contributed by atoms with Gasteiger partial charge in [0.15, 0.2) is 0 Å². The van der Waals surface area contributed by atoms with Crippen LogP contribution in [-0.4, -0.2) is 11.8 Å². The summed E-state index contributed by atoms with van der Waals surface area (Å²) in [6.07, 6.45) is -0.306. The third-order valence-corrected chi connectivity index (χ3v) is 3.19. The van der Waals surface area contributed by atoms with Crippen molar-refractivity contribution < 1.29 is 8.78 Å². The largest absolute Gasteiger partial charge is 0.238 e. The molecule has 0 nitrogen and oxygen atoms in total. The zero-order chi connectivity index (χ0) is 9.56. The predicted molar refractivity (Wildman–Crippen MR) is 52.0 cm³/mol. The minimum Gasteiger partial charge on any atom is -0.211 e. The molecule has 2 atom stereocenters. The number of hydrogen-bond acceptors (Lipinski definition) is 0. The van der Waals surface area contributed by atoms with Gasteiger partial charge in [-0.2, -0.15) is 0 Å². The highest BCUT2D eigenvalue weighted by atomic mass is 79.9. The molecule has 3 heteroatoms. The number of halogens is 3. The average Bonchev–Trinajstić information content (AvgIpc) is 2.02. The number of hydrogen-bond donors (Lipinski definition) is 0. The summed E-state index contributed by atoms with van der Waals surface area (Å²) in [6, 6.07) is 0. The molecule has 12 heavy (non-hydrogen) atoms. The lowest BCUT2D eigenvalue weighted by Gasteiger charge is -2.17. The van der Waals surface area contributed by atoms with E-state index in [1.54, 1.807) is 0 Å². The summed E-state index contributed by atoms with van der Waals surface area (Å²) in [5, 5.41) is 0.909. The molecule has 74 valence electrons. The highest BCUT2D eigenvalue weighted by Crippen LogP contribution is 2.23. The van der Waals surface area contributed by atoms with Gasteiger partial charge in [-0.15, -0.1) is 0 Å². The molecule has 2 unspecified atom stereocenters. The molecule has 0 aliphatic heterocycles. The van der Waals surface area contributed by atoms with Gasteiger partial charge in [0.1, 0.15) is 0 Å². The van der Waals surface area contributed by atoms with E-state index in [0.29, 0.717) is 5.92 Å². The Bertz CT molecular complexity index is 107. The monoisotopic (exact) mass is 242 g/mol. The molecule has 0 bridgehead atoms. The molecule has 0 saturated heterocycles. The zero-order valence-corrected chi connectivity index (χ0v) is 9.28. The standard InChI is InChI=1S/C9H17BrF2/c1-3-8(5-9(11)12)4-7(2)6-10/h7-9H,3-6H2,1-2H3. The first-order valence-electron chi connectivity index (χ1n) is 4.44. The van der Waals surface area contributed by atoms with E-state index < -0.39 is 6.43 Å². The van der Waals surface area contributed by atoms with Crippen LogP contribution in [0.5, 0.6) is 0 Å². The lowest BCUT2D eigenvalue weighted by Crippen LogP contribution is -2.10. The third kappa shape index (κ3) is 5.92. The summed E-state index contributed by atoms with van der Waals surface area (Å²) in [5.41, 5.74) is 0. The molecular formula is C9H17BrF2. The summed E-state index contributed by atoms with van der Waals surface area (Å²) in [4.78, 5) is 0. The van der Waals surface area contributed by atoms with Crippen LogP contribution in [0.3, 0.4) is 0 Å². The van der Waals surface area contributed by atoms with Crippen molar-refractivity contribution in [1.29, 1.82) is 0 Å². The van der Waals surface area contributed by atoms with Gasteiger partial charge in [0.2, 0.25) is 6.43 Å². The van der Waals surface area contributed by atoms with E-state index in [9.17, 15) is 8.78 Å². The van der Waals surface area contributed by atoms with Crippen molar-refractivity contribution in [2.75, 3.05) is 5.33 Å². The molecule has 0 N–H and O–H groups in total. The Balaban J connectivity index is 3.66. The molecule has 0 aromatic heterocycles. The van der Waals surface area contributed by atoms with Crippen LogP contribution in [0.1, 0.15) is 33.1 Å². The molecule has 0 aromatic rings. The summed E-state index contributed by atoms with van der Waals surface area (Å²) in [6.45, 7) is 4.07. The van der Waals surface area contributed by atoms with E-state index in [2.05, 4.69) is 22.9 Å². The lowest BCUT2D eigenvalue weighted by molar-refractivity contribution is 0.108. The molecule has 0 radical (unpaired) electrons. The van der Waals surface area contributed by atoms with Crippen molar-refractivity contribution in [3.8, 4) is 0 Å². The Morgan fingerprint density at radius 2 is 1.83 bits per heavy atom. The smallest absolute Gasteiger partial charge is 0.211 e. The van der Waals surface area contributed by atoms with E-state index in [4.69, 9.17) is 0 Å². The van der Waals surface area contributed by atoms with Gasteiger partial charge in [0.25, 0.3) is 0 Å². The molecular weight excluding hydrogens is 226 g/mol. The van der Waals surface area contributed by atoms with Crippen LogP contribution >= 0.6 is 15.9 Å². The fourth-order valence-electron chi connectivity index (χ4n) is 1.31. The van der Waals surface area contributed by atoms with E-state index in [1.165, 1.54) is 0 Å². The highest BCUT2D eigenvalue weighted by molar-refractivity contribution is 9.09. The minimum absolute atomic E-state index is 0.0633. The van der Waals surface area contributed by atoms with Gasteiger partial charge in [-0.1, -0.05) is 36.2 Å². The molecule has 0 aliphatic rings. The Hall–Kier alpha value is 0.340. The van der Waals surface area contributed by atoms with Crippen molar-refractivity contribution in [2.45, 2.75) is 39.5 Å². The van der Waals surface area contributed by atoms with Crippen LogP contribution < -0.4 is 0 Å². The molecule has 0 amide bonds. The molecule has 0 heterocycles. The molecule has 0 aromatic carbocycles. The van der Waals surface area contributed by atoms with Crippen molar-refractivity contribution in [2.24, 2.45) is 11.8 Å². The van der Waals surface area contributed by atoms with Crippen LogP contribution in [0.2, 0.25) is 0 Å². The van der Waals surface area contributed by atoms with Gasteiger partial charge in [-0.25, -0.2) is 8.78 Å². The van der Waals surface area contributed by atoms with E-state index in [1.807, 2.05) is 6.92 Å². The van der Waals surface area contributed by atoms with E-state index in [0.717, 1.165) is 18.2 Å². The first-order valence-corrected chi connectivity index (χ1v) is 5.56. The molecule has 0 fully saturated rings. The maximum absolute atomic E-state index is 12.0. The van der Waals surface area contributed by atoms with Crippen LogP contribution in [0.4, 0.5) is 8.78 Å². The summed E-state index contributed by atoms with van der Waals surface area (Å²) in [7, 11) is 0. The highest BCUT2D eigenvalue weighted by Gasteiger charge is 2.15. The van der Waals surface area contributed by atoms with Gasteiger partial charge in [-0.05, 0) is 18.3 Å². The maximum atomic E-state index is 12.0. The minimum atomic E-state index is -2.14. The van der Waals surface area contributed by atoms with Gasteiger partial charge in [-0.3, -0.25) is 0 Å². The predicted octanol–water partition coefficient (Wildman–Crippen LogP) is 4.09. The Morgan fingerprint density at radius 1 is 1.25 bits per heavy atom. The molecule has 0 rings (SSSR count). The average molecular weight is 243 g/mol. The first kappa shape index (κ1) is 12.3. The van der Waals surface area contributed by atoms with E-state index >= 15 is 0 Å². The second-order valence-electron chi connectivity index (χ2n) is 3.40. The van der Waals surface area contributed by atoms with Gasteiger partial charge in [0.05, 0.1) is 0 Å². The topological polar surface area (TPSA) is 0 Å². The van der Waals surface area contributed by atoms with Gasteiger partial charge < -0.3 is 0 Å². The van der Waals surface area contributed by atoms with Crippen LogP contribution in [-0.2, 0) is 0 Å². The van der Waals surface area contributed by atoms with Gasteiger partial charge >= 0.3 is 0 Å². The van der Waals surface area contributed by atoms with Crippen LogP contribution in [0.25, 0.3) is 0 Å². The van der Waals surface area contributed by atoms with Crippen molar-refractivity contribution in [3.63, 3.8) is 0 Å². The van der Waals surface area contributed by atoms with Crippen molar-refractivity contribution >= 4 is 15.9 Å². The summed E-state index contributed by atoms with van der Waals surface area (Å²) >= 11 is 3.35. The zero-order valence-electron chi connectivity index (χ0n) is 7.69. The quantitative estimate of drug-likeness (QED) is 0.616. The van der Waals surface area contributed by atoms with Crippen LogP contribution in [0, 0.1) is 11.8 Å². The maximum Gasteiger partial charge on any atom is 0.238 e. The SMILES string of the molecule is CCC(CC(F)F)CC(C)CBr. The van der Waals surface area contributed by atoms with Crippen LogP contribution in [0.15, 0.2) is 0 Å². The van der Waals surface area contributed by atoms with E-state index in [-0.39, 0.29) is 12.3 Å². The second-order valence-corrected chi connectivity index (χ2v) is 4.04. The first-order chi connectivity index (χ1) is 5.60. The molecule has 0 aliphatic carbocycles. The number of alkyl halides is 3. The Kier molecular flexibility index (Phi) is 7.01. The third-order valence-electron chi connectivity index (χ3n) is 2.09.